The summed E-state index contributed by atoms with van der Waals surface area (Å²) in [5.74, 6) is -0.777. The van der Waals surface area contributed by atoms with E-state index in [0.717, 1.165) is 4.47 Å². The Labute approximate surface area is 123 Å². The fraction of sp³-hybridized carbons (Fsp3) is 0.250. The second kappa shape index (κ2) is 5.30. The molecule has 0 fully saturated rings. The maximum Gasteiger partial charge on any atom is 0.375 e. The zero-order chi connectivity index (χ0) is 14.2. The Morgan fingerprint density at radius 2 is 2.16 bits per heavy atom. The standard InChI is InChI=1S/C12H11BrClN3O2/c1-6(2)11-15-10(12(18)19)16-17(11)9-5-7(14)3-4-8(9)13/h3-6H,1-2H3,(H,18,19). The minimum Gasteiger partial charge on any atom is -0.475 e. The van der Waals surface area contributed by atoms with Crippen LogP contribution in [0.3, 0.4) is 0 Å². The zero-order valence-electron chi connectivity index (χ0n) is 10.3. The molecule has 0 amide bonds. The van der Waals surface area contributed by atoms with Gasteiger partial charge in [-0.1, -0.05) is 25.4 Å². The van der Waals surface area contributed by atoms with Crippen LogP contribution in [0.15, 0.2) is 22.7 Å². The smallest absolute Gasteiger partial charge is 0.375 e. The van der Waals surface area contributed by atoms with Crippen LogP contribution in [0.4, 0.5) is 0 Å². The second-order valence-electron chi connectivity index (χ2n) is 4.26. The topological polar surface area (TPSA) is 68.0 Å². The molecule has 5 nitrogen and oxygen atoms in total. The molecule has 1 N–H and O–H groups in total. The molecule has 0 radical (unpaired) electrons. The second-order valence-corrected chi connectivity index (χ2v) is 5.55. The molecule has 1 aromatic carbocycles. The van der Waals surface area contributed by atoms with Crippen molar-refractivity contribution in [2.45, 2.75) is 19.8 Å². The van der Waals surface area contributed by atoms with E-state index in [-0.39, 0.29) is 11.7 Å². The van der Waals surface area contributed by atoms with E-state index in [1.54, 1.807) is 18.2 Å². The van der Waals surface area contributed by atoms with E-state index < -0.39 is 5.97 Å². The molecule has 7 heteroatoms. The lowest BCUT2D eigenvalue weighted by molar-refractivity contribution is 0.0683. The SMILES string of the molecule is CC(C)c1nc(C(=O)O)nn1-c1cc(Cl)ccc1Br. The highest BCUT2D eigenvalue weighted by Gasteiger charge is 2.20. The fourth-order valence-corrected chi connectivity index (χ4v) is 2.19. The number of aromatic nitrogens is 3. The number of nitrogens with zero attached hydrogens (tertiary/aromatic N) is 3. The van der Waals surface area contributed by atoms with Crippen LogP contribution in [0.5, 0.6) is 0 Å². The maximum atomic E-state index is 11.0. The summed E-state index contributed by atoms with van der Waals surface area (Å²) in [6.45, 7) is 3.84. The van der Waals surface area contributed by atoms with Crippen LogP contribution in [-0.2, 0) is 0 Å². The molecule has 0 saturated carbocycles. The van der Waals surface area contributed by atoms with Crippen LogP contribution in [-0.4, -0.2) is 25.8 Å². The Morgan fingerprint density at radius 1 is 1.47 bits per heavy atom. The number of hydrogen-bond donors (Lipinski definition) is 1. The Kier molecular flexibility index (Phi) is 3.91. The number of rotatable bonds is 3. The lowest BCUT2D eigenvalue weighted by atomic mass is 10.2. The number of aromatic carboxylic acids is 1. The van der Waals surface area contributed by atoms with Gasteiger partial charge in [-0.25, -0.2) is 14.5 Å². The highest BCUT2D eigenvalue weighted by atomic mass is 79.9. The molecule has 0 aliphatic heterocycles. The monoisotopic (exact) mass is 343 g/mol. The van der Waals surface area contributed by atoms with Crippen LogP contribution < -0.4 is 0 Å². The van der Waals surface area contributed by atoms with Crippen LogP contribution in [0.1, 0.15) is 36.2 Å². The summed E-state index contributed by atoms with van der Waals surface area (Å²) in [4.78, 5) is 15.0. The third-order valence-electron chi connectivity index (χ3n) is 2.48. The number of carbonyl (C=O) groups is 1. The number of carboxylic acid groups (broad SMARTS) is 1. The van der Waals surface area contributed by atoms with E-state index in [1.165, 1.54) is 4.68 Å². The van der Waals surface area contributed by atoms with Crippen molar-refractivity contribution in [2.75, 3.05) is 0 Å². The minimum atomic E-state index is -1.15. The molecule has 0 aliphatic carbocycles. The van der Waals surface area contributed by atoms with Crippen molar-refractivity contribution in [3.63, 3.8) is 0 Å². The van der Waals surface area contributed by atoms with Crippen LogP contribution in [0.25, 0.3) is 5.69 Å². The van der Waals surface area contributed by atoms with E-state index in [9.17, 15) is 4.79 Å². The summed E-state index contributed by atoms with van der Waals surface area (Å²) < 4.78 is 2.27. The molecule has 0 unspecified atom stereocenters. The summed E-state index contributed by atoms with van der Waals surface area (Å²) in [6.07, 6.45) is 0. The van der Waals surface area contributed by atoms with Crippen LogP contribution >= 0.6 is 27.5 Å². The molecular weight excluding hydrogens is 334 g/mol. The van der Waals surface area contributed by atoms with Gasteiger partial charge in [0.2, 0.25) is 0 Å². The average molecular weight is 345 g/mol. The van der Waals surface area contributed by atoms with E-state index in [1.807, 2.05) is 13.8 Å². The van der Waals surface area contributed by atoms with E-state index in [4.69, 9.17) is 16.7 Å². The minimum absolute atomic E-state index is 0.0338. The fourth-order valence-electron chi connectivity index (χ4n) is 1.61. The van der Waals surface area contributed by atoms with Gasteiger partial charge in [0.25, 0.3) is 5.82 Å². The van der Waals surface area contributed by atoms with Crippen molar-refractivity contribution >= 4 is 33.5 Å². The summed E-state index contributed by atoms with van der Waals surface area (Å²) >= 11 is 9.37. The molecule has 0 saturated heterocycles. The van der Waals surface area contributed by atoms with Gasteiger partial charge in [-0.15, -0.1) is 5.10 Å². The molecule has 2 rings (SSSR count). The van der Waals surface area contributed by atoms with Gasteiger partial charge < -0.3 is 5.11 Å². The zero-order valence-corrected chi connectivity index (χ0v) is 12.6. The Bertz CT molecular complexity index is 640. The molecule has 0 bridgehead atoms. The van der Waals surface area contributed by atoms with Crippen LogP contribution in [0.2, 0.25) is 5.02 Å². The van der Waals surface area contributed by atoms with Crippen molar-refractivity contribution in [2.24, 2.45) is 0 Å². The van der Waals surface area contributed by atoms with Crippen molar-refractivity contribution in [3.8, 4) is 5.69 Å². The maximum absolute atomic E-state index is 11.0. The van der Waals surface area contributed by atoms with Gasteiger partial charge in [0.05, 0.1) is 5.69 Å². The summed E-state index contributed by atoms with van der Waals surface area (Å²) in [5.41, 5.74) is 0.663. The van der Waals surface area contributed by atoms with Crippen molar-refractivity contribution in [3.05, 3.63) is 39.3 Å². The third kappa shape index (κ3) is 2.79. The number of benzene rings is 1. The Morgan fingerprint density at radius 3 is 2.74 bits per heavy atom. The average Bonchev–Trinajstić information content (AvgIpc) is 2.77. The van der Waals surface area contributed by atoms with E-state index in [2.05, 4.69) is 26.0 Å². The highest BCUT2D eigenvalue weighted by molar-refractivity contribution is 9.10. The van der Waals surface area contributed by atoms with Gasteiger partial charge in [-0.3, -0.25) is 0 Å². The van der Waals surface area contributed by atoms with Crippen molar-refractivity contribution in [1.29, 1.82) is 0 Å². The normalized spacial score (nSPS) is 11.0. The first-order chi connectivity index (χ1) is 8.90. The third-order valence-corrected chi connectivity index (χ3v) is 3.38. The lowest BCUT2D eigenvalue weighted by Gasteiger charge is -2.10. The summed E-state index contributed by atoms with van der Waals surface area (Å²) in [6, 6.07) is 5.22. The molecule has 2 aromatic rings. The lowest BCUT2D eigenvalue weighted by Crippen LogP contribution is -2.05. The molecule has 1 aromatic heterocycles. The summed E-state index contributed by atoms with van der Waals surface area (Å²) in [7, 11) is 0. The molecule has 0 atom stereocenters. The quantitative estimate of drug-likeness (QED) is 0.925. The van der Waals surface area contributed by atoms with Gasteiger partial charge >= 0.3 is 5.97 Å². The first kappa shape index (κ1) is 14.0. The highest BCUT2D eigenvalue weighted by Crippen LogP contribution is 2.27. The Balaban J connectivity index is 2.66. The molecule has 1 heterocycles. The first-order valence-corrected chi connectivity index (χ1v) is 6.73. The van der Waals surface area contributed by atoms with Crippen LogP contribution in [0, 0.1) is 0 Å². The summed E-state index contributed by atoms with van der Waals surface area (Å²) in [5, 5.41) is 13.6. The van der Waals surface area contributed by atoms with Gasteiger partial charge in [0.15, 0.2) is 0 Å². The molecule has 0 aliphatic rings. The number of hydrogen-bond acceptors (Lipinski definition) is 3. The van der Waals surface area contributed by atoms with Crippen molar-refractivity contribution in [1.82, 2.24) is 14.8 Å². The number of halogens is 2. The van der Waals surface area contributed by atoms with Gasteiger partial charge in [0.1, 0.15) is 5.82 Å². The first-order valence-electron chi connectivity index (χ1n) is 5.56. The van der Waals surface area contributed by atoms with Crippen molar-refractivity contribution < 1.29 is 9.90 Å². The van der Waals surface area contributed by atoms with Gasteiger partial charge in [0, 0.05) is 15.4 Å². The van der Waals surface area contributed by atoms with Gasteiger partial charge in [-0.2, -0.15) is 0 Å². The predicted molar refractivity (Wildman–Crippen MR) is 75.1 cm³/mol. The van der Waals surface area contributed by atoms with Gasteiger partial charge in [-0.05, 0) is 34.1 Å². The Hall–Kier alpha value is -1.40. The molecule has 19 heavy (non-hydrogen) atoms. The van der Waals surface area contributed by atoms with E-state index >= 15 is 0 Å². The molecular formula is C12H11BrClN3O2. The molecule has 0 spiro atoms. The number of carboxylic acids is 1. The largest absolute Gasteiger partial charge is 0.475 e. The molecule has 100 valence electrons. The van der Waals surface area contributed by atoms with E-state index in [0.29, 0.717) is 16.5 Å². The predicted octanol–water partition coefficient (Wildman–Crippen LogP) is 3.50.